The number of fused-ring (bicyclic) bond motifs is 5. The Balaban J connectivity index is 1.89. The lowest BCUT2D eigenvalue weighted by atomic mass is 10.1. The Kier molecular flexibility index (Phi) is 3.46. The number of hydrogen-bond acceptors (Lipinski definition) is 6. The molecule has 24 heavy (non-hydrogen) atoms. The highest BCUT2D eigenvalue weighted by molar-refractivity contribution is 6.33. The van der Waals surface area contributed by atoms with Gasteiger partial charge in [0.2, 0.25) is 5.88 Å². The van der Waals surface area contributed by atoms with Gasteiger partial charge in [0.05, 0.1) is 29.4 Å². The van der Waals surface area contributed by atoms with E-state index >= 15 is 0 Å². The van der Waals surface area contributed by atoms with E-state index in [1.165, 1.54) is 6.33 Å². The fourth-order valence-electron chi connectivity index (χ4n) is 2.67. The van der Waals surface area contributed by atoms with Gasteiger partial charge in [0.25, 0.3) is 0 Å². The minimum Gasteiger partial charge on any atom is -0.434 e. The summed E-state index contributed by atoms with van der Waals surface area (Å²) in [5, 5.41) is 4.78. The van der Waals surface area contributed by atoms with E-state index in [0.29, 0.717) is 23.1 Å². The molecule has 0 unspecified atom stereocenters. The Labute approximate surface area is 141 Å². The van der Waals surface area contributed by atoms with Crippen molar-refractivity contribution in [3.05, 3.63) is 41.6 Å². The van der Waals surface area contributed by atoms with Crippen LogP contribution < -0.4 is 4.74 Å². The number of carbonyl (C=O) groups is 1. The number of hydrogen-bond donors (Lipinski definition) is 0. The van der Waals surface area contributed by atoms with Crippen molar-refractivity contribution in [1.29, 1.82) is 0 Å². The van der Waals surface area contributed by atoms with E-state index in [9.17, 15) is 4.79 Å². The third-order valence-electron chi connectivity index (χ3n) is 3.66. The number of rotatable bonds is 2. The lowest BCUT2D eigenvalue weighted by Gasteiger charge is -2.09. The number of halogens is 1. The zero-order chi connectivity index (χ0) is 16.7. The minimum absolute atomic E-state index is 0.169. The molecule has 3 heterocycles. The van der Waals surface area contributed by atoms with Gasteiger partial charge in [-0.1, -0.05) is 17.7 Å². The zero-order valence-corrected chi connectivity index (χ0v) is 13.4. The van der Waals surface area contributed by atoms with Crippen LogP contribution in [0.1, 0.15) is 12.6 Å². The Hall–Kier alpha value is -2.87. The molecule has 0 N–H and O–H groups in total. The largest absolute Gasteiger partial charge is 0.515 e. The number of ether oxygens (including phenoxy) is 2. The van der Waals surface area contributed by atoms with Crippen molar-refractivity contribution in [3.8, 4) is 23.0 Å². The van der Waals surface area contributed by atoms with Crippen molar-refractivity contribution >= 4 is 17.8 Å². The van der Waals surface area contributed by atoms with Crippen LogP contribution in [0.15, 0.2) is 30.9 Å². The molecular formula is C15H12ClN5O3. The second-order valence-electron chi connectivity index (χ2n) is 5.03. The first-order valence-corrected chi connectivity index (χ1v) is 7.64. The summed E-state index contributed by atoms with van der Waals surface area (Å²) in [6.07, 6.45) is 2.24. The van der Waals surface area contributed by atoms with Crippen molar-refractivity contribution < 1.29 is 14.3 Å². The second-order valence-corrected chi connectivity index (χ2v) is 5.43. The summed E-state index contributed by atoms with van der Waals surface area (Å²) >= 11 is 6.38. The highest BCUT2D eigenvalue weighted by Gasteiger charge is 2.27. The summed E-state index contributed by atoms with van der Waals surface area (Å²) in [4.78, 5) is 20.1. The zero-order valence-electron chi connectivity index (χ0n) is 12.6. The molecule has 122 valence electrons. The molecule has 0 amide bonds. The first kappa shape index (κ1) is 14.7. The predicted molar refractivity (Wildman–Crippen MR) is 84.3 cm³/mol. The van der Waals surface area contributed by atoms with E-state index in [1.54, 1.807) is 24.0 Å². The normalized spacial score (nSPS) is 11.9. The monoisotopic (exact) mass is 345 g/mol. The molecule has 0 fully saturated rings. The molecule has 0 aliphatic carbocycles. The highest BCUT2D eigenvalue weighted by Crippen LogP contribution is 2.37. The van der Waals surface area contributed by atoms with Gasteiger partial charge in [0.15, 0.2) is 5.82 Å². The first-order chi connectivity index (χ1) is 11.7. The Morgan fingerprint density at radius 3 is 3.08 bits per heavy atom. The number of nitrogens with zero attached hydrogens (tertiary/aromatic N) is 5. The summed E-state index contributed by atoms with van der Waals surface area (Å²) in [6.45, 7) is 2.25. The van der Waals surface area contributed by atoms with Gasteiger partial charge in [-0.2, -0.15) is 5.10 Å². The van der Waals surface area contributed by atoms with E-state index < -0.39 is 6.16 Å². The van der Waals surface area contributed by atoms with Gasteiger partial charge in [0.1, 0.15) is 18.3 Å². The number of benzene rings is 1. The summed E-state index contributed by atoms with van der Waals surface area (Å²) in [5.41, 5.74) is 2.18. The van der Waals surface area contributed by atoms with Gasteiger partial charge in [-0.15, -0.1) is 0 Å². The van der Waals surface area contributed by atoms with Crippen LogP contribution in [0.3, 0.4) is 0 Å². The topological polar surface area (TPSA) is 84.1 Å². The van der Waals surface area contributed by atoms with Gasteiger partial charge in [-0.25, -0.2) is 19.4 Å². The maximum absolute atomic E-state index is 11.6. The molecule has 0 spiro atoms. The van der Waals surface area contributed by atoms with Crippen LogP contribution in [0.2, 0.25) is 5.02 Å². The molecule has 0 saturated carbocycles. The van der Waals surface area contributed by atoms with E-state index in [4.69, 9.17) is 21.1 Å². The average Bonchev–Trinajstić information content (AvgIpc) is 3.13. The second kappa shape index (κ2) is 5.64. The Morgan fingerprint density at radius 1 is 1.38 bits per heavy atom. The van der Waals surface area contributed by atoms with Crippen molar-refractivity contribution in [3.63, 3.8) is 0 Å². The Bertz CT molecular complexity index is 933. The van der Waals surface area contributed by atoms with Gasteiger partial charge < -0.3 is 9.47 Å². The van der Waals surface area contributed by atoms with Crippen molar-refractivity contribution in [2.24, 2.45) is 0 Å². The standard InChI is InChI=1S/C15H12ClN5O3/c1-2-23-15(22)24-14-11-6-21-13(17-7-19-21)12-9(16)4-3-5-10(12)20(11)8-18-14/h3-5,7-8H,2,6H2,1H3. The van der Waals surface area contributed by atoms with E-state index in [-0.39, 0.29) is 12.5 Å². The van der Waals surface area contributed by atoms with E-state index in [0.717, 1.165) is 11.3 Å². The molecule has 8 nitrogen and oxygen atoms in total. The van der Waals surface area contributed by atoms with Crippen LogP contribution in [-0.4, -0.2) is 37.1 Å². The molecule has 0 radical (unpaired) electrons. The maximum Gasteiger partial charge on any atom is 0.515 e. The molecule has 0 saturated heterocycles. The quantitative estimate of drug-likeness (QED) is 0.519. The number of carbonyl (C=O) groups excluding carboxylic acids is 1. The third-order valence-corrected chi connectivity index (χ3v) is 3.98. The van der Waals surface area contributed by atoms with Gasteiger partial charge in [-0.3, -0.25) is 4.57 Å². The molecule has 4 rings (SSSR count). The smallest absolute Gasteiger partial charge is 0.434 e. The van der Waals surface area contributed by atoms with E-state index in [1.807, 2.05) is 16.7 Å². The fraction of sp³-hybridized carbons (Fsp3) is 0.200. The molecule has 1 aliphatic heterocycles. The molecule has 1 aromatic carbocycles. The SMILES string of the molecule is CCOC(=O)Oc1ncn2c1Cn1ncnc1-c1c(Cl)cccc1-2. The van der Waals surface area contributed by atoms with Crippen LogP contribution in [0.4, 0.5) is 4.79 Å². The van der Waals surface area contributed by atoms with Crippen molar-refractivity contribution in [2.75, 3.05) is 6.61 Å². The van der Waals surface area contributed by atoms with Crippen LogP contribution in [0.25, 0.3) is 17.1 Å². The molecular weight excluding hydrogens is 334 g/mol. The third kappa shape index (κ3) is 2.23. The molecule has 1 aliphatic rings. The van der Waals surface area contributed by atoms with Crippen LogP contribution >= 0.6 is 11.6 Å². The summed E-state index contributed by atoms with van der Waals surface area (Å²) in [7, 11) is 0. The lowest BCUT2D eigenvalue weighted by Crippen LogP contribution is -2.13. The molecule has 9 heteroatoms. The average molecular weight is 346 g/mol. The summed E-state index contributed by atoms with van der Waals surface area (Å²) in [6, 6.07) is 5.52. The van der Waals surface area contributed by atoms with Crippen LogP contribution in [0, 0.1) is 0 Å². The fourth-order valence-corrected chi connectivity index (χ4v) is 2.92. The highest BCUT2D eigenvalue weighted by atomic mass is 35.5. The predicted octanol–water partition coefficient (Wildman–Crippen LogP) is 2.68. The van der Waals surface area contributed by atoms with E-state index in [2.05, 4.69) is 15.1 Å². The van der Waals surface area contributed by atoms with Gasteiger partial charge in [0, 0.05) is 0 Å². The van der Waals surface area contributed by atoms with Gasteiger partial charge >= 0.3 is 6.16 Å². The lowest BCUT2D eigenvalue weighted by molar-refractivity contribution is 0.102. The van der Waals surface area contributed by atoms with Crippen LogP contribution in [0.5, 0.6) is 5.88 Å². The van der Waals surface area contributed by atoms with Crippen molar-refractivity contribution in [1.82, 2.24) is 24.3 Å². The van der Waals surface area contributed by atoms with Crippen LogP contribution in [-0.2, 0) is 11.3 Å². The molecule has 0 bridgehead atoms. The number of imidazole rings is 1. The van der Waals surface area contributed by atoms with Gasteiger partial charge in [-0.05, 0) is 19.1 Å². The first-order valence-electron chi connectivity index (χ1n) is 7.27. The molecule has 0 atom stereocenters. The number of aromatic nitrogens is 5. The van der Waals surface area contributed by atoms with Crippen molar-refractivity contribution in [2.45, 2.75) is 13.5 Å². The molecule has 2 aromatic heterocycles. The summed E-state index contributed by atoms with van der Waals surface area (Å²) in [5.74, 6) is 0.809. The Morgan fingerprint density at radius 2 is 2.25 bits per heavy atom. The minimum atomic E-state index is -0.798. The maximum atomic E-state index is 11.6. The molecule has 3 aromatic rings. The summed E-state index contributed by atoms with van der Waals surface area (Å²) < 4.78 is 13.5.